The predicted octanol–water partition coefficient (Wildman–Crippen LogP) is 3.88. The van der Waals surface area contributed by atoms with Gasteiger partial charge in [-0.15, -0.1) is 0 Å². The van der Waals surface area contributed by atoms with Crippen molar-refractivity contribution in [2.75, 3.05) is 6.61 Å². The summed E-state index contributed by atoms with van der Waals surface area (Å²) in [5.74, 6) is -0.907. The summed E-state index contributed by atoms with van der Waals surface area (Å²) in [6.07, 6.45) is 3.70. The lowest BCUT2D eigenvalue weighted by Gasteiger charge is -2.05. The molecule has 0 atom stereocenters. The molecule has 0 N–H and O–H groups in total. The lowest BCUT2D eigenvalue weighted by molar-refractivity contribution is -0.384. The first-order valence-electron chi connectivity index (χ1n) is 9.70. The first kappa shape index (κ1) is 22.1. The molecule has 160 valence electrons. The molecule has 1 heterocycles. The topological polar surface area (TPSA) is 104 Å². The minimum Gasteiger partial charge on any atom is -0.465 e. The number of non-ortho nitro benzene ring substituents is 1. The number of nitro benzene ring substituents is 1. The molecule has 0 spiro atoms. The summed E-state index contributed by atoms with van der Waals surface area (Å²) in [5, 5.41) is 10.7. The molecule has 0 bridgehead atoms. The van der Waals surface area contributed by atoms with Crippen molar-refractivity contribution in [1.82, 2.24) is 4.57 Å². The van der Waals surface area contributed by atoms with Crippen LogP contribution in [-0.4, -0.2) is 28.0 Å². The summed E-state index contributed by atoms with van der Waals surface area (Å²) in [6, 6.07) is 11.8. The Balaban J connectivity index is 1.94. The van der Waals surface area contributed by atoms with E-state index in [0.717, 1.165) is 22.2 Å². The van der Waals surface area contributed by atoms with Gasteiger partial charge in [-0.1, -0.05) is 24.3 Å². The zero-order valence-corrected chi connectivity index (χ0v) is 17.9. The van der Waals surface area contributed by atoms with Crippen molar-refractivity contribution in [2.24, 2.45) is 4.99 Å². The van der Waals surface area contributed by atoms with Gasteiger partial charge in [-0.3, -0.25) is 19.7 Å². The van der Waals surface area contributed by atoms with Gasteiger partial charge in [0.25, 0.3) is 11.6 Å². The van der Waals surface area contributed by atoms with Crippen LogP contribution >= 0.6 is 11.3 Å². The number of hydrogen-bond donors (Lipinski definition) is 0. The van der Waals surface area contributed by atoms with Crippen LogP contribution in [0.1, 0.15) is 25.0 Å². The second-order valence-electron chi connectivity index (χ2n) is 6.56. The number of ether oxygens (including phenoxy) is 1. The van der Waals surface area contributed by atoms with Crippen LogP contribution in [0, 0.1) is 10.1 Å². The van der Waals surface area contributed by atoms with Crippen LogP contribution in [0.2, 0.25) is 0 Å². The molecule has 0 saturated carbocycles. The van der Waals surface area contributed by atoms with E-state index in [1.807, 2.05) is 18.2 Å². The third-order valence-corrected chi connectivity index (χ3v) is 5.52. The molecule has 0 aliphatic carbocycles. The van der Waals surface area contributed by atoms with Crippen LogP contribution in [-0.2, 0) is 27.3 Å². The Hall–Kier alpha value is -3.59. The lowest BCUT2D eigenvalue weighted by atomic mass is 10.2. The highest BCUT2D eigenvalue weighted by molar-refractivity contribution is 7.16. The fraction of sp³-hybridized carbons (Fsp3) is 0.227. The Morgan fingerprint density at radius 1 is 1.19 bits per heavy atom. The zero-order valence-electron chi connectivity index (χ0n) is 17.1. The second kappa shape index (κ2) is 9.94. The number of carbonyl (C=O) groups excluding carboxylic acids is 2. The highest BCUT2D eigenvalue weighted by Crippen LogP contribution is 2.20. The number of nitrogens with zero attached hydrogens (tertiary/aromatic N) is 3. The number of esters is 1. The third kappa shape index (κ3) is 5.52. The van der Waals surface area contributed by atoms with Gasteiger partial charge in [0, 0.05) is 18.2 Å². The molecule has 31 heavy (non-hydrogen) atoms. The number of rotatable bonds is 7. The minimum absolute atomic E-state index is 0.0232. The number of nitro groups is 1. The molecule has 8 nitrogen and oxygen atoms in total. The summed E-state index contributed by atoms with van der Waals surface area (Å²) in [4.78, 5) is 39.3. The number of amides is 1. The molecule has 0 aliphatic rings. The molecule has 3 rings (SSSR count). The SMILES string of the molecule is CCOC(=O)Cn1c(=NC(=O)/C=C\c2ccc([N+](=O)[O-])cc2)sc2cc(CC)ccc21. The van der Waals surface area contributed by atoms with E-state index in [-0.39, 0.29) is 18.8 Å². The number of fused-ring (bicyclic) bond motifs is 1. The molecule has 1 aromatic heterocycles. The standard InChI is InChI=1S/C22H21N3O5S/c1-3-15-7-11-18-19(13-15)31-22(24(18)14-21(27)30-4-2)23-20(26)12-8-16-5-9-17(10-6-16)25(28)29/h5-13H,3-4,14H2,1-2H3/b12-8-,23-22?. The van der Waals surface area contributed by atoms with Gasteiger partial charge in [-0.2, -0.15) is 4.99 Å². The Morgan fingerprint density at radius 2 is 1.94 bits per heavy atom. The molecule has 3 aromatic rings. The molecule has 2 aromatic carbocycles. The molecule has 0 aliphatic heterocycles. The van der Waals surface area contributed by atoms with E-state index >= 15 is 0 Å². The van der Waals surface area contributed by atoms with E-state index in [9.17, 15) is 19.7 Å². The summed E-state index contributed by atoms with van der Waals surface area (Å²) in [5.41, 5.74) is 2.57. The van der Waals surface area contributed by atoms with Gasteiger partial charge in [-0.25, -0.2) is 0 Å². The maximum Gasteiger partial charge on any atom is 0.326 e. The number of aryl methyl sites for hydroxylation is 1. The van der Waals surface area contributed by atoms with Gasteiger partial charge in [0.05, 0.1) is 21.7 Å². The van der Waals surface area contributed by atoms with Crippen molar-refractivity contribution in [1.29, 1.82) is 0 Å². The van der Waals surface area contributed by atoms with E-state index in [1.54, 1.807) is 23.6 Å². The van der Waals surface area contributed by atoms with Crippen molar-refractivity contribution in [3.05, 3.63) is 74.6 Å². The van der Waals surface area contributed by atoms with Crippen molar-refractivity contribution in [2.45, 2.75) is 26.8 Å². The molecule has 9 heteroatoms. The van der Waals surface area contributed by atoms with Crippen LogP contribution in [0.25, 0.3) is 16.3 Å². The minimum atomic E-state index is -0.502. The second-order valence-corrected chi connectivity index (χ2v) is 7.57. The largest absolute Gasteiger partial charge is 0.465 e. The fourth-order valence-corrected chi connectivity index (χ4v) is 4.02. The maximum absolute atomic E-state index is 12.4. The van der Waals surface area contributed by atoms with E-state index < -0.39 is 16.8 Å². The molecule has 0 unspecified atom stereocenters. The Labute approximate surface area is 182 Å². The van der Waals surface area contributed by atoms with E-state index in [1.165, 1.54) is 35.6 Å². The predicted molar refractivity (Wildman–Crippen MR) is 119 cm³/mol. The van der Waals surface area contributed by atoms with Gasteiger partial charge < -0.3 is 9.30 Å². The highest BCUT2D eigenvalue weighted by atomic mass is 32.1. The summed E-state index contributed by atoms with van der Waals surface area (Å²) in [7, 11) is 0. The maximum atomic E-state index is 12.4. The summed E-state index contributed by atoms with van der Waals surface area (Å²) < 4.78 is 7.66. The third-order valence-electron chi connectivity index (χ3n) is 4.48. The molecule has 0 saturated heterocycles. The van der Waals surface area contributed by atoms with Gasteiger partial charge >= 0.3 is 5.97 Å². The van der Waals surface area contributed by atoms with Crippen LogP contribution in [0.5, 0.6) is 0 Å². The first-order chi connectivity index (χ1) is 14.9. The fourth-order valence-electron chi connectivity index (χ4n) is 2.92. The van der Waals surface area contributed by atoms with Crippen molar-refractivity contribution < 1.29 is 19.2 Å². The van der Waals surface area contributed by atoms with E-state index in [4.69, 9.17) is 4.74 Å². The number of carbonyl (C=O) groups is 2. The normalized spacial score (nSPS) is 11.9. The van der Waals surface area contributed by atoms with Crippen molar-refractivity contribution in [3.63, 3.8) is 0 Å². The molecule has 1 amide bonds. The number of hydrogen-bond acceptors (Lipinski definition) is 6. The van der Waals surface area contributed by atoms with Crippen LogP contribution in [0.3, 0.4) is 0 Å². The molecular weight excluding hydrogens is 418 g/mol. The summed E-state index contributed by atoms with van der Waals surface area (Å²) in [6.45, 7) is 4.02. The zero-order chi connectivity index (χ0) is 22.4. The van der Waals surface area contributed by atoms with Crippen LogP contribution in [0.15, 0.2) is 53.5 Å². The number of thiazole rings is 1. The number of aromatic nitrogens is 1. The van der Waals surface area contributed by atoms with Gasteiger partial charge in [0.2, 0.25) is 0 Å². The van der Waals surface area contributed by atoms with Crippen LogP contribution in [0.4, 0.5) is 5.69 Å². The molecular formula is C22H21N3O5S. The average Bonchev–Trinajstić information content (AvgIpc) is 3.08. The van der Waals surface area contributed by atoms with E-state index in [2.05, 4.69) is 11.9 Å². The molecule has 0 fully saturated rings. The smallest absolute Gasteiger partial charge is 0.326 e. The quantitative estimate of drug-likeness (QED) is 0.241. The first-order valence-corrected chi connectivity index (χ1v) is 10.5. The Morgan fingerprint density at radius 3 is 2.58 bits per heavy atom. The Bertz CT molecular complexity index is 1220. The lowest BCUT2D eigenvalue weighted by Crippen LogP contribution is -2.22. The number of benzene rings is 2. The average molecular weight is 439 g/mol. The van der Waals surface area contributed by atoms with Crippen molar-refractivity contribution in [3.8, 4) is 0 Å². The summed E-state index contributed by atoms with van der Waals surface area (Å²) >= 11 is 1.33. The van der Waals surface area contributed by atoms with Gasteiger partial charge in [0.1, 0.15) is 6.54 Å². The van der Waals surface area contributed by atoms with Crippen LogP contribution < -0.4 is 4.80 Å². The molecule has 0 radical (unpaired) electrons. The van der Waals surface area contributed by atoms with Gasteiger partial charge in [-0.05, 0) is 54.8 Å². The van der Waals surface area contributed by atoms with Crippen molar-refractivity contribution >= 4 is 45.2 Å². The highest BCUT2D eigenvalue weighted by Gasteiger charge is 2.12. The monoisotopic (exact) mass is 439 g/mol. The van der Waals surface area contributed by atoms with E-state index in [0.29, 0.717) is 10.4 Å². The van der Waals surface area contributed by atoms with Gasteiger partial charge in [0.15, 0.2) is 4.80 Å². The Kier molecular flexibility index (Phi) is 7.09.